The Bertz CT molecular complexity index is 1110. The van der Waals surface area contributed by atoms with Crippen molar-refractivity contribution in [1.82, 2.24) is 20.6 Å². The molecule has 1 saturated heterocycles. The van der Waals surface area contributed by atoms with E-state index in [1.807, 2.05) is 13.8 Å². The average molecular weight is 492 g/mol. The first-order valence-electron chi connectivity index (χ1n) is 11.2. The number of hydrogen-bond donors (Lipinski definition) is 4. The lowest BCUT2D eigenvalue weighted by atomic mass is 9.95. The van der Waals surface area contributed by atoms with Crippen LogP contribution in [0.4, 0.5) is 13.2 Å². The van der Waals surface area contributed by atoms with Crippen LogP contribution < -0.4 is 22.3 Å². The number of likely N-dealkylation sites (tertiary alicyclic amines) is 1. The lowest BCUT2D eigenvalue weighted by Gasteiger charge is -2.27. The molecule has 0 radical (unpaired) electrons. The van der Waals surface area contributed by atoms with Crippen molar-refractivity contribution in [3.63, 3.8) is 0 Å². The molecule has 3 rings (SSSR count). The molecular weight excluding hydrogens is 461 g/mol. The minimum absolute atomic E-state index is 0.0623. The Kier molecular flexibility index (Phi) is 8.47. The molecule has 1 aliphatic heterocycles. The summed E-state index contributed by atoms with van der Waals surface area (Å²) in [5, 5.41) is 2.74. The molecule has 2 amide bonds. The molecule has 0 bridgehead atoms. The Hall–Kier alpha value is -3.44. The van der Waals surface area contributed by atoms with Gasteiger partial charge < -0.3 is 21.4 Å². The van der Waals surface area contributed by atoms with Gasteiger partial charge >= 0.3 is 0 Å². The molecule has 0 spiro atoms. The molecule has 0 aliphatic carbocycles. The summed E-state index contributed by atoms with van der Waals surface area (Å²) >= 11 is 0. The molecule has 1 unspecified atom stereocenters. The predicted octanol–water partition coefficient (Wildman–Crippen LogP) is 1.56. The standard InChI is InChI=1S/C24H29F3N6O2/c1-13(2)19-4-3-14(6-20(19)27)23(15-5-16(25)11-30-10-15)31-24(35)21-7-17(26)12-33(21)22(34)8-18(9-28)32-29/h3-6,9-11,13,17,21,23,32H,7-8,12,28-29H2,1-2H3,(H,31,35)/p+1/b18-9-/t17-,21+,23?/m1/s1. The minimum atomic E-state index is -1.40. The van der Waals surface area contributed by atoms with Crippen molar-refractivity contribution in [3.8, 4) is 0 Å². The molecular formula is C24H30F3N6O2+. The predicted molar refractivity (Wildman–Crippen MR) is 123 cm³/mol. The Morgan fingerprint density at radius 3 is 2.60 bits per heavy atom. The van der Waals surface area contributed by atoms with Crippen LogP contribution in [0.15, 0.2) is 48.6 Å². The summed E-state index contributed by atoms with van der Waals surface area (Å²) in [6.45, 7) is 3.44. The van der Waals surface area contributed by atoms with E-state index in [0.29, 0.717) is 16.8 Å². The summed E-state index contributed by atoms with van der Waals surface area (Å²) in [5.74, 6) is 3.03. The first-order chi connectivity index (χ1) is 16.6. The molecule has 1 aliphatic rings. The highest BCUT2D eigenvalue weighted by molar-refractivity contribution is 5.89. The second kappa shape index (κ2) is 11.3. The van der Waals surface area contributed by atoms with Gasteiger partial charge in [-0.3, -0.25) is 20.4 Å². The Balaban J connectivity index is 1.91. The number of carbonyl (C=O) groups excluding carboxylic acids is 2. The van der Waals surface area contributed by atoms with Crippen LogP contribution in [0.1, 0.15) is 55.3 Å². The first kappa shape index (κ1) is 26.2. The number of nitrogens with one attached hydrogen (secondary N) is 2. The molecule has 0 saturated carbocycles. The smallest absolute Gasteiger partial charge is 0.243 e. The van der Waals surface area contributed by atoms with Gasteiger partial charge in [-0.15, -0.1) is 0 Å². The second-order valence-electron chi connectivity index (χ2n) is 8.76. The maximum absolute atomic E-state index is 14.8. The highest BCUT2D eigenvalue weighted by Gasteiger charge is 2.40. The summed E-state index contributed by atoms with van der Waals surface area (Å²) in [6, 6.07) is 3.63. The second-order valence-corrected chi connectivity index (χ2v) is 8.76. The molecule has 7 N–H and O–H groups in total. The van der Waals surface area contributed by atoms with E-state index in [4.69, 9.17) is 5.84 Å². The fourth-order valence-electron chi connectivity index (χ4n) is 4.13. The van der Waals surface area contributed by atoms with E-state index in [1.165, 1.54) is 24.5 Å². The van der Waals surface area contributed by atoms with Crippen LogP contribution in [0.3, 0.4) is 0 Å². The van der Waals surface area contributed by atoms with Gasteiger partial charge in [0.25, 0.3) is 0 Å². The van der Waals surface area contributed by atoms with E-state index < -0.39 is 41.7 Å². The van der Waals surface area contributed by atoms with Gasteiger partial charge in [0.1, 0.15) is 30.0 Å². The number of nitrogens with two attached hydrogens (primary N) is 1. The summed E-state index contributed by atoms with van der Waals surface area (Å²) in [6.07, 6.45) is 1.94. The van der Waals surface area contributed by atoms with Gasteiger partial charge in [-0.1, -0.05) is 26.0 Å². The van der Waals surface area contributed by atoms with Crippen molar-refractivity contribution in [1.29, 1.82) is 0 Å². The largest absolute Gasteiger partial charge is 0.343 e. The number of hydrogen-bond acceptors (Lipinski definition) is 5. The van der Waals surface area contributed by atoms with Gasteiger partial charge in [0.15, 0.2) is 0 Å². The zero-order chi connectivity index (χ0) is 25.7. The third-order valence-electron chi connectivity index (χ3n) is 5.97. The van der Waals surface area contributed by atoms with Crippen molar-refractivity contribution in [2.24, 2.45) is 5.84 Å². The number of aromatic nitrogens is 1. The van der Waals surface area contributed by atoms with Crippen molar-refractivity contribution >= 4 is 11.8 Å². The lowest BCUT2D eigenvalue weighted by Crippen LogP contribution is -2.48. The van der Waals surface area contributed by atoms with Crippen LogP contribution in [0, 0.1) is 11.6 Å². The quantitative estimate of drug-likeness (QED) is 0.329. The fraction of sp³-hybridized carbons (Fsp3) is 0.375. The highest BCUT2D eigenvalue weighted by atomic mass is 19.1. The minimum Gasteiger partial charge on any atom is -0.343 e. The molecule has 11 heteroatoms. The summed E-state index contributed by atoms with van der Waals surface area (Å²) in [4.78, 5) is 31.0. The Labute approximate surface area is 201 Å². The van der Waals surface area contributed by atoms with Gasteiger partial charge in [-0.05, 0) is 29.2 Å². The lowest BCUT2D eigenvalue weighted by molar-refractivity contribution is -0.276. The van der Waals surface area contributed by atoms with Crippen LogP contribution in [-0.2, 0) is 9.59 Å². The Morgan fingerprint density at radius 2 is 2.00 bits per heavy atom. The molecule has 8 nitrogen and oxygen atoms in total. The van der Waals surface area contributed by atoms with E-state index in [1.54, 1.807) is 12.1 Å². The third-order valence-corrected chi connectivity index (χ3v) is 5.97. The summed E-state index contributed by atoms with van der Waals surface area (Å²) in [5.41, 5.74) is 7.33. The number of quaternary nitrogens is 1. The van der Waals surface area contributed by atoms with Gasteiger partial charge in [0, 0.05) is 18.2 Å². The molecule has 2 aromatic rings. The summed E-state index contributed by atoms with van der Waals surface area (Å²) in [7, 11) is 0. The van der Waals surface area contributed by atoms with E-state index in [9.17, 15) is 22.8 Å². The Morgan fingerprint density at radius 1 is 1.26 bits per heavy atom. The van der Waals surface area contributed by atoms with Gasteiger partial charge in [0.2, 0.25) is 11.8 Å². The first-order valence-corrected chi connectivity index (χ1v) is 11.2. The van der Waals surface area contributed by atoms with Crippen LogP contribution in [0.2, 0.25) is 0 Å². The molecule has 1 aromatic carbocycles. The highest BCUT2D eigenvalue weighted by Crippen LogP contribution is 2.28. The summed E-state index contributed by atoms with van der Waals surface area (Å²) < 4.78 is 43.0. The normalized spacial score (nSPS) is 19.1. The van der Waals surface area contributed by atoms with Crippen molar-refractivity contribution < 1.29 is 28.5 Å². The van der Waals surface area contributed by atoms with Crippen LogP contribution in [-0.4, -0.2) is 40.5 Å². The van der Waals surface area contributed by atoms with Crippen molar-refractivity contribution in [2.75, 3.05) is 6.54 Å². The monoisotopic (exact) mass is 491 g/mol. The maximum Gasteiger partial charge on any atom is 0.243 e. The van der Waals surface area contributed by atoms with Crippen molar-refractivity contribution in [3.05, 3.63) is 76.9 Å². The molecule has 1 aromatic heterocycles. The topological polar surface area (TPSA) is 128 Å². The molecule has 35 heavy (non-hydrogen) atoms. The SMILES string of the molecule is CC(C)c1ccc(C(NC(=O)[C@@H]2C[C@@H](F)CN2C(=O)C/C(=C/[NH3+])NN)c2cncc(F)c2)cc1F. The molecule has 2 heterocycles. The van der Waals surface area contributed by atoms with E-state index in [-0.39, 0.29) is 30.9 Å². The van der Waals surface area contributed by atoms with Gasteiger partial charge in [0.05, 0.1) is 30.9 Å². The third kappa shape index (κ3) is 6.17. The fourth-order valence-corrected chi connectivity index (χ4v) is 4.13. The zero-order valence-electron chi connectivity index (χ0n) is 19.6. The maximum atomic E-state index is 14.8. The van der Waals surface area contributed by atoms with E-state index in [0.717, 1.165) is 11.1 Å². The number of hydrazine groups is 1. The number of benzene rings is 1. The number of nitrogens with zero attached hydrogens (tertiary/aromatic N) is 2. The van der Waals surface area contributed by atoms with Gasteiger partial charge in [-0.25, -0.2) is 13.2 Å². The number of rotatable bonds is 8. The van der Waals surface area contributed by atoms with Crippen LogP contribution in [0.25, 0.3) is 0 Å². The van der Waals surface area contributed by atoms with Crippen LogP contribution >= 0.6 is 0 Å². The molecule has 1 fully saturated rings. The number of alkyl halides is 1. The molecule has 188 valence electrons. The number of pyridine rings is 1. The van der Waals surface area contributed by atoms with E-state index >= 15 is 0 Å². The van der Waals surface area contributed by atoms with Crippen molar-refractivity contribution in [2.45, 2.75) is 50.9 Å². The average Bonchev–Trinajstić information content (AvgIpc) is 3.22. The number of halogens is 3. The van der Waals surface area contributed by atoms with Gasteiger partial charge in [-0.2, -0.15) is 0 Å². The van der Waals surface area contributed by atoms with Crippen LogP contribution in [0.5, 0.6) is 0 Å². The van der Waals surface area contributed by atoms with E-state index in [2.05, 4.69) is 21.5 Å². The zero-order valence-corrected chi connectivity index (χ0v) is 19.6. The number of amides is 2. The number of carbonyl (C=O) groups is 2. The molecule has 3 atom stereocenters.